The SMILES string of the molecule is CCC1CCC(C(=O)N2CC[C@@H](c3ccccc3)[C@@H]2C(=O)Cc2ccc(C(=O)O)cc2)CC1. The summed E-state index contributed by atoms with van der Waals surface area (Å²) < 4.78 is 0. The lowest BCUT2D eigenvalue weighted by Gasteiger charge is -2.33. The largest absolute Gasteiger partial charge is 0.478 e. The Balaban J connectivity index is 1.55. The quantitative estimate of drug-likeness (QED) is 0.641. The van der Waals surface area contributed by atoms with Crippen molar-refractivity contribution in [2.75, 3.05) is 6.54 Å². The molecule has 1 saturated heterocycles. The molecule has 2 aliphatic rings. The van der Waals surface area contributed by atoms with E-state index in [4.69, 9.17) is 5.11 Å². The summed E-state index contributed by atoms with van der Waals surface area (Å²) in [7, 11) is 0. The van der Waals surface area contributed by atoms with Crippen LogP contribution in [0.1, 0.15) is 72.9 Å². The summed E-state index contributed by atoms with van der Waals surface area (Å²) in [5, 5.41) is 9.13. The Morgan fingerprint density at radius 3 is 2.18 bits per heavy atom. The third-order valence-corrected chi connectivity index (χ3v) is 7.59. The van der Waals surface area contributed by atoms with Crippen molar-refractivity contribution in [2.45, 2.75) is 63.8 Å². The summed E-state index contributed by atoms with van der Waals surface area (Å²) in [6.07, 6.45) is 6.18. The zero-order chi connectivity index (χ0) is 23.4. The van der Waals surface area contributed by atoms with Crippen LogP contribution in [-0.2, 0) is 16.0 Å². The number of rotatable bonds is 7. The second-order valence-electron chi connectivity index (χ2n) is 9.55. The molecule has 4 rings (SSSR count). The van der Waals surface area contributed by atoms with Gasteiger partial charge in [0.2, 0.25) is 5.91 Å². The minimum absolute atomic E-state index is 0.00655. The van der Waals surface area contributed by atoms with Crippen LogP contribution in [0.5, 0.6) is 0 Å². The zero-order valence-electron chi connectivity index (χ0n) is 19.3. The Morgan fingerprint density at radius 2 is 1.58 bits per heavy atom. The van der Waals surface area contributed by atoms with Gasteiger partial charge in [0.05, 0.1) is 11.6 Å². The third kappa shape index (κ3) is 5.18. The fourth-order valence-electron chi connectivity index (χ4n) is 5.61. The Bertz CT molecular complexity index is 977. The molecule has 1 aliphatic heterocycles. The summed E-state index contributed by atoms with van der Waals surface area (Å²) in [6.45, 7) is 2.83. The number of amides is 1. The van der Waals surface area contributed by atoms with Crippen molar-refractivity contribution in [3.05, 3.63) is 71.3 Å². The van der Waals surface area contributed by atoms with Gasteiger partial charge in [0, 0.05) is 24.8 Å². The molecule has 2 fully saturated rings. The fraction of sp³-hybridized carbons (Fsp3) is 0.464. The van der Waals surface area contributed by atoms with Crippen molar-refractivity contribution >= 4 is 17.7 Å². The van der Waals surface area contributed by atoms with E-state index in [0.29, 0.717) is 6.54 Å². The highest BCUT2D eigenvalue weighted by molar-refractivity contribution is 5.93. The van der Waals surface area contributed by atoms with E-state index in [9.17, 15) is 14.4 Å². The number of carboxylic acids is 1. The molecule has 0 bridgehead atoms. The molecule has 33 heavy (non-hydrogen) atoms. The summed E-state index contributed by atoms with van der Waals surface area (Å²) >= 11 is 0. The van der Waals surface area contributed by atoms with E-state index in [1.54, 1.807) is 12.1 Å². The van der Waals surface area contributed by atoms with Gasteiger partial charge in [-0.3, -0.25) is 9.59 Å². The molecule has 2 aromatic rings. The molecular formula is C28H33NO4. The molecule has 0 radical (unpaired) electrons. The van der Waals surface area contributed by atoms with Crippen molar-refractivity contribution < 1.29 is 19.5 Å². The molecule has 1 saturated carbocycles. The number of benzene rings is 2. The molecular weight excluding hydrogens is 414 g/mol. The summed E-state index contributed by atoms with van der Waals surface area (Å²) in [4.78, 5) is 40.2. The van der Waals surface area contributed by atoms with Gasteiger partial charge in [-0.2, -0.15) is 0 Å². The lowest BCUT2D eigenvalue weighted by atomic mass is 9.80. The zero-order valence-corrected chi connectivity index (χ0v) is 19.3. The molecule has 5 heteroatoms. The molecule has 1 heterocycles. The molecule has 0 spiro atoms. The number of carbonyl (C=O) groups is 3. The van der Waals surface area contributed by atoms with Crippen LogP contribution < -0.4 is 0 Å². The predicted octanol–water partition coefficient (Wildman–Crippen LogP) is 5.10. The minimum Gasteiger partial charge on any atom is -0.478 e. The first kappa shape index (κ1) is 23.2. The van der Waals surface area contributed by atoms with Gasteiger partial charge in [0.15, 0.2) is 5.78 Å². The van der Waals surface area contributed by atoms with Gasteiger partial charge >= 0.3 is 5.97 Å². The van der Waals surface area contributed by atoms with Crippen LogP contribution in [0.4, 0.5) is 0 Å². The maximum absolute atomic E-state index is 13.6. The van der Waals surface area contributed by atoms with Crippen LogP contribution in [-0.4, -0.2) is 40.3 Å². The van der Waals surface area contributed by atoms with Crippen LogP contribution in [0.3, 0.4) is 0 Å². The smallest absolute Gasteiger partial charge is 0.335 e. The number of carbonyl (C=O) groups excluding carboxylic acids is 2. The highest BCUT2D eigenvalue weighted by Crippen LogP contribution is 2.38. The lowest BCUT2D eigenvalue weighted by molar-refractivity contribution is -0.142. The van der Waals surface area contributed by atoms with Crippen molar-refractivity contribution in [2.24, 2.45) is 11.8 Å². The van der Waals surface area contributed by atoms with E-state index >= 15 is 0 Å². The van der Waals surface area contributed by atoms with Crippen LogP contribution in [0.15, 0.2) is 54.6 Å². The first-order valence-electron chi connectivity index (χ1n) is 12.2. The highest BCUT2D eigenvalue weighted by atomic mass is 16.4. The van der Waals surface area contributed by atoms with Crippen LogP contribution >= 0.6 is 0 Å². The number of Topliss-reactive ketones (excluding diaryl/α,β-unsaturated/α-hetero) is 1. The standard InChI is InChI=1S/C28H33NO4/c1-2-19-8-12-22(13-9-19)27(31)29-17-16-24(21-6-4-3-5-7-21)26(29)25(30)18-20-10-14-23(15-11-20)28(32)33/h3-7,10-11,14-15,19,22,24,26H,2,8-9,12-13,16-18H2,1H3,(H,32,33)/t19?,22?,24-,26+/m0/s1. The molecule has 1 N–H and O–H groups in total. The van der Waals surface area contributed by atoms with Crippen molar-refractivity contribution in [1.29, 1.82) is 0 Å². The Labute approximate surface area is 195 Å². The topological polar surface area (TPSA) is 74.7 Å². The molecule has 2 atom stereocenters. The lowest BCUT2D eigenvalue weighted by Crippen LogP contribution is -2.46. The highest BCUT2D eigenvalue weighted by Gasteiger charge is 2.44. The van der Waals surface area contributed by atoms with Gasteiger partial charge in [-0.05, 0) is 61.3 Å². The summed E-state index contributed by atoms with van der Waals surface area (Å²) in [5.74, 6) is -0.0822. The molecule has 1 amide bonds. The first-order valence-corrected chi connectivity index (χ1v) is 12.2. The number of hydrogen-bond acceptors (Lipinski definition) is 3. The van der Waals surface area contributed by atoms with E-state index < -0.39 is 12.0 Å². The Morgan fingerprint density at radius 1 is 0.909 bits per heavy atom. The second kappa shape index (κ2) is 10.3. The Hall–Kier alpha value is -2.95. The minimum atomic E-state index is -0.984. The van der Waals surface area contributed by atoms with Gasteiger partial charge in [0.1, 0.15) is 0 Å². The van der Waals surface area contributed by atoms with Gasteiger partial charge in [0.25, 0.3) is 0 Å². The van der Waals surface area contributed by atoms with Crippen LogP contribution in [0.25, 0.3) is 0 Å². The maximum atomic E-state index is 13.6. The van der Waals surface area contributed by atoms with Gasteiger partial charge in [-0.25, -0.2) is 4.79 Å². The van der Waals surface area contributed by atoms with E-state index in [0.717, 1.165) is 49.1 Å². The fourth-order valence-corrected chi connectivity index (χ4v) is 5.61. The van der Waals surface area contributed by atoms with E-state index in [1.165, 1.54) is 18.6 Å². The average Bonchev–Trinajstić information content (AvgIpc) is 3.30. The monoisotopic (exact) mass is 447 g/mol. The van der Waals surface area contributed by atoms with Gasteiger partial charge in [-0.1, -0.05) is 55.8 Å². The second-order valence-corrected chi connectivity index (χ2v) is 9.55. The third-order valence-electron chi connectivity index (χ3n) is 7.59. The number of nitrogens with zero attached hydrogens (tertiary/aromatic N) is 1. The van der Waals surface area contributed by atoms with Crippen molar-refractivity contribution in [3.63, 3.8) is 0 Å². The molecule has 1 aliphatic carbocycles. The molecule has 174 valence electrons. The van der Waals surface area contributed by atoms with Crippen LogP contribution in [0, 0.1) is 11.8 Å². The number of likely N-dealkylation sites (tertiary alicyclic amines) is 1. The van der Waals surface area contributed by atoms with E-state index in [-0.39, 0.29) is 35.5 Å². The first-order chi connectivity index (χ1) is 16.0. The van der Waals surface area contributed by atoms with Crippen LogP contribution in [0.2, 0.25) is 0 Å². The van der Waals surface area contributed by atoms with Gasteiger partial charge < -0.3 is 10.0 Å². The number of aromatic carboxylic acids is 1. The number of ketones is 1. The normalized spacial score (nSPS) is 25.1. The molecule has 2 aromatic carbocycles. The summed E-state index contributed by atoms with van der Waals surface area (Å²) in [5.41, 5.74) is 2.08. The predicted molar refractivity (Wildman–Crippen MR) is 127 cm³/mol. The van der Waals surface area contributed by atoms with Crippen molar-refractivity contribution in [3.8, 4) is 0 Å². The maximum Gasteiger partial charge on any atom is 0.335 e. The number of hydrogen-bond donors (Lipinski definition) is 1. The van der Waals surface area contributed by atoms with E-state index in [2.05, 4.69) is 6.92 Å². The number of carboxylic acid groups (broad SMARTS) is 1. The summed E-state index contributed by atoms with van der Waals surface area (Å²) in [6, 6.07) is 16.0. The molecule has 5 nitrogen and oxygen atoms in total. The molecule has 0 aromatic heterocycles. The molecule has 0 unspecified atom stereocenters. The Kier molecular flexibility index (Phi) is 7.26. The average molecular weight is 448 g/mol. The van der Waals surface area contributed by atoms with Crippen molar-refractivity contribution in [1.82, 2.24) is 4.90 Å². The van der Waals surface area contributed by atoms with Gasteiger partial charge in [-0.15, -0.1) is 0 Å². The van der Waals surface area contributed by atoms with E-state index in [1.807, 2.05) is 35.2 Å².